The second-order valence-electron chi connectivity index (χ2n) is 7.14. The van der Waals surface area contributed by atoms with Crippen molar-refractivity contribution in [1.82, 2.24) is 15.0 Å². The van der Waals surface area contributed by atoms with Crippen LogP contribution in [0, 0.1) is 0 Å². The molecule has 0 saturated heterocycles. The fourth-order valence-electron chi connectivity index (χ4n) is 3.91. The Morgan fingerprint density at radius 3 is 2.45 bits per heavy atom. The Morgan fingerprint density at radius 2 is 1.66 bits per heavy atom. The number of aromatic nitrogens is 3. The number of carbonyl (C=O) groups excluding carboxylic acids is 1. The van der Waals surface area contributed by atoms with E-state index in [2.05, 4.69) is 17.1 Å². The van der Waals surface area contributed by atoms with E-state index in [0.717, 1.165) is 27.8 Å². The normalized spacial score (nSPS) is 15.9. The molecule has 2 N–H and O–H groups in total. The standard InChI is InChI=1S/C23H19N5O/c24-21(29)20-13-16-5-1-2-6-17(16)14-28(20)23-18-7-3-4-8-19(18)26-22(27-23)15-9-11-25-12-10-15/h1-12,20H,13-14H2,(H2,24,29)/t20-/m0/s1. The third-order valence-electron chi connectivity index (χ3n) is 5.37. The average Bonchev–Trinajstić information content (AvgIpc) is 2.78. The lowest BCUT2D eigenvalue weighted by Crippen LogP contribution is -2.49. The number of hydrogen-bond acceptors (Lipinski definition) is 5. The Hall–Kier alpha value is -3.80. The third-order valence-corrected chi connectivity index (χ3v) is 5.37. The quantitative estimate of drug-likeness (QED) is 0.589. The number of hydrogen-bond donors (Lipinski definition) is 1. The molecular weight excluding hydrogens is 362 g/mol. The lowest BCUT2D eigenvalue weighted by molar-refractivity contribution is -0.119. The van der Waals surface area contributed by atoms with E-state index in [4.69, 9.17) is 15.7 Å². The molecule has 2 aromatic carbocycles. The fourth-order valence-corrected chi connectivity index (χ4v) is 3.91. The SMILES string of the molecule is NC(=O)[C@@H]1Cc2ccccc2CN1c1nc(-c2ccncc2)nc2ccccc12. The van der Waals surface area contributed by atoms with Crippen LogP contribution < -0.4 is 10.6 Å². The maximum Gasteiger partial charge on any atom is 0.240 e. The summed E-state index contributed by atoms with van der Waals surface area (Å²) in [6.07, 6.45) is 4.00. The minimum Gasteiger partial charge on any atom is -0.368 e. The number of primary amides is 1. The topological polar surface area (TPSA) is 85.0 Å². The van der Waals surface area contributed by atoms with Gasteiger partial charge in [-0.1, -0.05) is 36.4 Å². The number of pyridine rings is 1. The van der Waals surface area contributed by atoms with Crippen molar-refractivity contribution in [3.63, 3.8) is 0 Å². The number of amides is 1. The zero-order valence-corrected chi connectivity index (χ0v) is 15.7. The summed E-state index contributed by atoms with van der Waals surface area (Å²) < 4.78 is 0. The monoisotopic (exact) mass is 381 g/mol. The van der Waals surface area contributed by atoms with E-state index in [-0.39, 0.29) is 5.91 Å². The van der Waals surface area contributed by atoms with E-state index >= 15 is 0 Å². The number of nitrogens with zero attached hydrogens (tertiary/aromatic N) is 4. The lowest BCUT2D eigenvalue weighted by Gasteiger charge is -2.36. The number of rotatable bonds is 3. The molecule has 0 fully saturated rings. The number of fused-ring (bicyclic) bond motifs is 2. The summed E-state index contributed by atoms with van der Waals surface area (Å²) in [6, 6.07) is 19.3. The molecule has 1 aliphatic rings. The number of para-hydroxylation sites is 1. The molecule has 0 spiro atoms. The van der Waals surface area contributed by atoms with Crippen LogP contribution in [0.1, 0.15) is 11.1 Å². The Kier molecular flexibility index (Phi) is 4.17. The van der Waals surface area contributed by atoms with Gasteiger partial charge in [-0.3, -0.25) is 9.78 Å². The van der Waals surface area contributed by atoms with Crippen LogP contribution >= 0.6 is 0 Å². The van der Waals surface area contributed by atoms with Crippen LogP contribution in [0.15, 0.2) is 73.1 Å². The highest BCUT2D eigenvalue weighted by molar-refractivity contribution is 5.94. The first kappa shape index (κ1) is 17.3. The van der Waals surface area contributed by atoms with Crippen molar-refractivity contribution in [3.8, 4) is 11.4 Å². The highest BCUT2D eigenvalue weighted by Crippen LogP contribution is 2.33. The molecular formula is C23H19N5O. The molecule has 2 aromatic heterocycles. The van der Waals surface area contributed by atoms with Crippen molar-refractivity contribution >= 4 is 22.6 Å². The molecule has 4 aromatic rings. The van der Waals surface area contributed by atoms with Crippen LogP contribution in [0.2, 0.25) is 0 Å². The van der Waals surface area contributed by atoms with Crippen molar-refractivity contribution in [2.75, 3.05) is 4.90 Å². The van der Waals surface area contributed by atoms with Crippen LogP contribution in [0.5, 0.6) is 0 Å². The molecule has 1 amide bonds. The largest absolute Gasteiger partial charge is 0.368 e. The van der Waals surface area contributed by atoms with Crippen LogP contribution in [-0.4, -0.2) is 26.9 Å². The van der Waals surface area contributed by atoms with E-state index in [1.807, 2.05) is 53.4 Å². The molecule has 6 nitrogen and oxygen atoms in total. The molecule has 3 heterocycles. The van der Waals surface area contributed by atoms with E-state index in [1.54, 1.807) is 12.4 Å². The minimum atomic E-state index is -0.464. The Balaban J connectivity index is 1.71. The first-order valence-electron chi connectivity index (χ1n) is 9.50. The summed E-state index contributed by atoms with van der Waals surface area (Å²) in [5, 5.41) is 0.899. The summed E-state index contributed by atoms with van der Waals surface area (Å²) in [5.41, 5.74) is 9.85. The van der Waals surface area contributed by atoms with Gasteiger partial charge < -0.3 is 10.6 Å². The van der Waals surface area contributed by atoms with Gasteiger partial charge in [0.05, 0.1) is 5.52 Å². The van der Waals surface area contributed by atoms with Gasteiger partial charge in [0.25, 0.3) is 0 Å². The van der Waals surface area contributed by atoms with E-state index in [9.17, 15) is 4.79 Å². The van der Waals surface area contributed by atoms with Crippen LogP contribution in [0.4, 0.5) is 5.82 Å². The maximum atomic E-state index is 12.4. The molecule has 0 saturated carbocycles. The maximum absolute atomic E-state index is 12.4. The number of anilines is 1. The van der Waals surface area contributed by atoms with Gasteiger partial charge in [0.2, 0.25) is 5.91 Å². The summed E-state index contributed by atoms with van der Waals surface area (Å²) in [6.45, 7) is 0.570. The summed E-state index contributed by atoms with van der Waals surface area (Å²) in [4.78, 5) is 28.1. The molecule has 29 heavy (non-hydrogen) atoms. The molecule has 1 atom stereocenters. The predicted molar refractivity (Wildman–Crippen MR) is 112 cm³/mol. The first-order chi connectivity index (χ1) is 14.2. The van der Waals surface area contributed by atoms with Gasteiger partial charge in [0.15, 0.2) is 5.82 Å². The third kappa shape index (κ3) is 3.08. The summed E-state index contributed by atoms with van der Waals surface area (Å²) >= 11 is 0. The summed E-state index contributed by atoms with van der Waals surface area (Å²) in [7, 11) is 0. The Labute approximate surface area is 168 Å². The Morgan fingerprint density at radius 1 is 0.931 bits per heavy atom. The van der Waals surface area contributed by atoms with Gasteiger partial charge in [0, 0.05) is 36.3 Å². The molecule has 0 radical (unpaired) electrons. The van der Waals surface area contributed by atoms with E-state index < -0.39 is 6.04 Å². The van der Waals surface area contributed by atoms with Gasteiger partial charge in [-0.25, -0.2) is 9.97 Å². The lowest BCUT2D eigenvalue weighted by atomic mass is 9.93. The van der Waals surface area contributed by atoms with Crippen molar-refractivity contribution in [1.29, 1.82) is 0 Å². The second kappa shape index (κ2) is 6.98. The van der Waals surface area contributed by atoms with Crippen molar-refractivity contribution in [2.45, 2.75) is 19.0 Å². The molecule has 142 valence electrons. The van der Waals surface area contributed by atoms with Gasteiger partial charge >= 0.3 is 0 Å². The fraction of sp³-hybridized carbons (Fsp3) is 0.130. The molecule has 0 bridgehead atoms. The first-order valence-corrected chi connectivity index (χ1v) is 9.50. The van der Waals surface area contributed by atoms with E-state index in [0.29, 0.717) is 18.8 Å². The van der Waals surface area contributed by atoms with Crippen LogP contribution in [-0.2, 0) is 17.8 Å². The molecule has 5 rings (SSSR count). The molecule has 6 heteroatoms. The van der Waals surface area contributed by atoms with Gasteiger partial charge in [-0.05, 0) is 35.4 Å². The van der Waals surface area contributed by atoms with Gasteiger partial charge in [-0.15, -0.1) is 0 Å². The predicted octanol–water partition coefficient (Wildman–Crippen LogP) is 3.11. The highest BCUT2D eigenvalue weighted by Gasteiger charge is 2.32. The summed E-state index contributed by atoms with van der Waals surface area (Å²) in [5.74, 6) is 0.969. The van der Waals surface area contributed by atoms with Crippen molar-refractivity contribution in [2.24, 2.45) is 5.73 Å². The van der Waals surface area contributed by atoms with Crippen molar-refractivity contribution in [3.05, 3.63) is 84.2 Å². The average molecular weight is 381 g/mol. The smallest absolute Gasteiger partial charge is 0.240 e. The minimum absolute atomic E-state index is 0.354. The van der Waals surface area contributed by atoms with Crippen molar-refractivity contribution < 1.29 is 4.79 Å². The highest BCUT2D eigenvalue weighted by atomic mass is 16.1. The van der Waals surface area contributed by atoms with Gasteiger partial charge in [0.1, 0.15) is 11.9 Å². The number of nitrogens with two attached hydrogens (primary N) is 1. The molecule has 1 aliphatic heterocycles. The van der Waals surface area contributed by atoms with Crippen LogP contribution in [0.3, 0.4) is 0 Å². The molecule has 0 unspecified atom stereocenters. The van der Waals surface area contributed by atoms with E-state index in [1.165, 1.54) is 5.56 Å². The second-order valence-corrected chi connectivity index (χ2v) is 7.14. The number of carbonyl (C=O) groups is 1. The zero-order valence-electron chi connectivity index (χ0n) is 15.7. The molecule has 0 aliphatic carbocycles. The Bertz CT molecular complexity index is 1210. The number of benzene rings is 2. The van der Waals surface area contributed by atoms with Gasteiger partial charge in [-0.2, -0.15) is 0 Å². The van der Waals surface area contributed by atoms with Crippen LogP contribution in [0.25, 0.3) is 22.3 Å². The zero-order chi connectivity index (χ0) is 19.8.